The fourth-order valence-corrected chi connectivity index (χ4v) is 1.31. The number of carbonyl (C=O) groups excluding carboxylic acids is 1. The largest absolute Gasteiger partial charge is 0.506 e. The van der Waals surface area contributed by atoms with E-state index in [0.29, 0.717) is 5.69 Å². The number of phenolic OH excluding ortho intramolecular Hbond substituents is 1. The fraction of sp³-hybridized carbons (Fsp3) is 0.154. The van der Waals surface area contributed by atoms with E-state index in [1.165, 1.54) is 6.07 Å². The second kappa shape index (κ2) is 6.80. The van der Waals surface area contributed by atoms with Crippen LogP contribution in [0.5, 0.6) is 5.75 Å². The van der Waals surface area contributed by atoms with E-state index in [9.17, 15) is 14.7 Å². The molecule has 0 saturated carbocycles. The maximum atomic E-state index is 11.5. The summed E-state index contributed by atoms with van der Waals surface area (Å²) in [5.41, 5.74) is 0.886. The molecular formula is C13H13N3O4. The Kier molecular flexibility index (Phi) is 5.12. The van der Waals surface area contributed by atoms with Crippen LogP contribution in [0.25, 0.3) is 0 Å². The average molecular weight is 275 g/mol. The van der Waals surface area contributed by atoms with Crippen molar-refractivity contribution < 1.29 is 19.8 Å². The Balaban J connectivity index is 2.77. The van der Waals surface area contributed by atoms with Gasteiger partial charge in [0.1, 0.15) is 23.9 Å². The number of aromatic hydroxyl groups is 1. The first-order valence-electron chi connectivity index (χ1n) is 5.60. The summed E-state index contributed by atoms with van der Waals surface area (Å²) in [4.78, 5) is 21.8. The van der Waals surface area contributed by atoms with Crippen LogP contribution in [0.4, 0.5) is 5.69 Å². The summed E-state index contributed by atoms with van der Waals surface area (Å²) in [6.07, 6.45) is 1.10. The molecule has 0 radical (unpaired) electrons. The molecule has 7 heteroatoms. The lowest BCUT2D eigenvalue weighted by atomic mass is 10.2. The Hall–Kier alpha value is -3.01. The molecule has 1 amide bonds. The van der Waals surface area contributed by atoms with Gasteiger partial charge in [0.15, 0.2) is 0 Å². The number of phenols is 1. The van der Waals surface area contributed by atoms with Gasteiger partial charge in [0.05, 0.1) is 5.69 Å². The zero-order valence-electron chi connectivity index (χ0n) is 10.7. The summed E-state index contributed by atoms with van der Waals surface area (Å²) in [7, 11) is 0. The van der Waals surface area contributed by atoms with Gasteiger partial charge in [-0.15, -0.1) is 0 Å². The zero-order valence-corrected chi connectivity index (χ0v) is 10.7. The van der Waals surface area contributed by atoms with Crippen LogP contribution in [0.15, 0.2) is 30.0 Å². The first kappa shape index (κ1) is 15.0. The molecule has 0 aromatic heterocycles. The molecule has 20 heavy (non-hydrogen) atoms. The van der Waals surface area contributed by atoms with Crippen LogP contribution in [0.3, 0.4) is 0 Å². The number of rotatable bonds is 5. The fourth-order valence-electron chi connectivity index (χ4n) is 1.31. The topological polar surface area (TPSA) is 122 Å². The van der Waals surface area contributed by atoms with E-state index in [-0.39, 0.29) is 11.3 Å². The number of carboxylic acids is 1. The molecule has 1 aromatic rings. The third-order valence-electron chi connectivity index (χ3n) is 2.29. The number of carboxylic acid groups (broad SMARTS) is 1. The first-order chi connectivity index (χ1) is 9.43. The number of benzene rings is 1. The predicted molar refractivity (Wildman–Crippen MR) is 70.8 cm³/mol. The van der Waals surface area contributed by atoms with Gasteiger partial charge in [0.25, 0.3) is 5.91 Å². The molecule has 0 bridgehead atoms. The number of amides is 1. The van der Waals surface area contributed by atoms with Crippen molar-refractivity contribution in [1.82, 2.24) is 5.32 Å². The third-order valence-corrected chi connectivity index (χ3v) is 2.29. The number of aryl methyl sites for hydroxylation is 1. The van der Waals surface area contributed by atoms with Gasteiger partial charge in [0.2, 0.25) is 0 Å². The standard InChI is InChI=1S/C13H13N3O4/c1-8-2-3-10(11(17)4-8)15-6-9(5-14)13(20)16-7-12(18)19/h2-4,6,15,17H,7H2,1H3,(H,16,20)(H,18,19)/b9-6-. The predicted octanol–water partition coefficient (Wildman–Crippen LogP) is 0.721. The molecule has 0 spiro atoms. The molecule has 0 heterocycles. The number of nitrogens with zero attached hydrogens (tertiary/aromatic N) is 1. The number of hydrogen-bond donors (Lipinski definition) is 4. The smallest absolute Gasteiger partial charge is 0.322 e. The minimum atomic E-state index is -1.21. The van der Waals surface area contributed by atoms with Gasteiger partial charge in [-0.05, 0) is 24.6 Å². The van der Waals surface area contributed by atoms with Crippen molar-refractivity contribution in [2.24, 2.45) is 0 Å². The Bertz CT molecular complexity index is 602. The van der Waals surface area contributed by atoms with Crippen LogP contribution in [0, 0.1) is 18.3 Å². The molecular weight excluding hydrogens is 262 g/mol. The average Bonchev–Trinajstić information content (AvgIpc) is 2.39. The van der Waals surface area contributed by atoms with E-state index in [4.69, 9.17) is 10.4 Å². The highest BCUT2D eigenvalue weighted by molar-refractivity contribution is 5.98. The van der Waals surface area contributed by atoms with Gasteiger partial charge in [-0.3, -0.25) is 9.59 Å². The molecule has 0 saturated heterocycles. The molecule has 0 atom stereocenters. The second-order valence-electron chi connectivity index (χ2n) is 3.91. The summed E-state index contributed by atoms with van der Waals surface area (Å²) in [5, 5.41) is 31.6. The van der Waals surface area contributed by atoms with Crippen molar-refractivity contribution >= 4 is 17.6 Å². The summed E-state index contributed by atoms with van der Waals surface area (Å²) in [5.74, 6) is -2.04. The zero-order chi connectivity index (χ0) is 15.1. The highest BCUT2D eigenvalue weighted by Crippen LogP contribution is 2.23. The molecule has 1 aromatic carbocycles. The van der Waals surface area contributed by atoms with E-state index in [1.807, 2.05) is 0 Å². The van der Waals surface area contributed by atoms with Gasteiger partial charge < -0.3 is 20.8 Å². The monoisotopic (exact) mass is 275 g/mol. The van der Waals surface area contributed by atoms with Gasteiger partial charge in [0, 0.05) is 6.20 Å². The lowest BCUT2D eigenvalue weighted by Gasteiger charge is -2.06. The van der Waals surface area contributed by atoms with E-state index in [1.54, 1.807) is 25.1 Å². The SMILES string of the molecule is Cc1ccc(N/C=C(/C#N)C(=O)NCC(=O)O)c(O)c1. The van der Waals surface area contributed by atoms with Crippen LogP contribution in [0.2, 0.25) is 0 Å². The Morgan fingerprint density at radius 2 is 2.15 bits per heavy atom. The van der Waals surface area contributed by atoms with Crippen LogP contribution < -0.4 is 10.6 Å². The number of nitrogens with one attached hydrogen (secondary N) is 2. The maximum Gasteiger partial charge on any atom is 0.322 e. The number of aliphatic carboxylic acids is 1. The molecule has 0 aliphatic rings. The van der Waals surface area contributed by atoms with Gasteiger partial charge >= 0.3 is 5.97 Å². The Morgan fingerprint density at radius 1 is 1.45 bits per heavy atom. The highest BCUT2D eigenvalue weighted by Gasteiger charge is 2.10. The van der Waals surface area contributed by atoms with Gasteiger partial charge in [-0.2, -0.15) is 5.26 Å². The van der Waals surface area contributed by atoms with E-state index in [0.717, 1.165) is 11.8 Å². The van der Waals surface area contributed by atoms with Gasteiger partial charge in [-0.25, -0.2) is 0 Å². The van der Waals surface area contributed by atoms with Crippen molar-refractivity contribution in [3.8, 4) is 11.8 Å². The molecule has 0 aliphatic heterocycles. The first-order valence-corrected chi connectivity index (χ1v) is 5.60. The minimum absolute atomic E-state index is 0.0236. The number of hydrogen-bond acceptors (Lipinski definition) is 5. The summed E-state index contributed by atoms with van der Waals surface area (Å²) in [6, 6.07) is 6.49. The molecule has 104 valence electrons. The Morgan fingerprint density at radius 3 is 2.70 bits per heavy atom. The summed E-state index contributed by atoms with van der Waals surface area (Å²) in [6.45, 7) is 1.23. The molecule has 4 N–H and O–H groups in total. The molecule has 7 nitrogen and oxygen atoms in total. The summed E-state index contributed by atoms with van der Waals surface area (Å²) >= 11 is 0. The lowest BCUT2D eigenvalue weighted by molar-refractivity contribution is -0.137. The normalized spacial score (nSPS) is 10.5. The minimum Gasteiger partial charge on any atom is -0.506 e. The number of anilines is 1. The Labute approximate surface area is 115 Å². The van der Waals surface area contributed by atoms with Crippen LogP contribution in [-0.4, -0.2) is 28.6 Å². The lowest BCUT2D eigenvalue weighted by Crippen LogP contribution is -2.30. The molecule has 0 aliphatic carbocycles. The molecule has 0 unspecified atom stereocenters. The quantitative estimate of drug-likeness (QED) is 0.357. The van der Waals surface area contributed by atoms with Crippen LogP contribution in [0.1, 0.15) is 5.56 Å². The summed E-state index contributed by atoms with van der Waals surface area (Å²) < 4.78 is 0. The number of nitriles is 1. The second-order valence-corrected chi connectivity index (χ2v) is 3.91. The van der Waals surface area contributed by atoms with Crippen molar-refractivity contribution in [3.05, 3.63) is 35.5 Å². The van der Waals surface area contributed by atoms with Gasteiger partial charge in [-0.1, -0.05) is 6.07 Å². The van der Waals surface area contributed by atoms with Crippen LogP contribution in [-0.2, 0) is 9.59 Å². The highest BCUT2D eigenvalue weighted by atomic mass is 16.4. The maximum absolute atomic E-state index is 11.5. The third kappa shape index (κ3) is 4.34. The van der Waals surface area contributed by atoms with E-state index >= 15 is 0 Å². The van der Waals surface area contributed by atoms with Crippen molar-refractivity contribution in [1.29, 1.82) is 5.26 Å². The molecule has 0 fully saturated rings. The van der Waals surface area contributed by atoms with Crippen molar-refractivity contribution in [2.75, 3.05) is 11.9 Å². The van der Waals surface area contributed by atoms with E-state index < -0.39 is 18.4 Å². The van der Waals surface area contributed by atoms with Crippen LogP contribution >= 0.6 is 0 Å². The molecule has 1 rings (SSSR count). The van der Waals surface area contributed by atoms with Crippen molar-refractivity contribution in [3.63, 3.8) is 0 Å². The van der Waals surface area contributed by atoms with E-state index in [2.05, 4.69) is 10.6 Å². The van der Waals surface area contributed by atoms with Crippen molar-refractivity contribution in [2.45, 2.75) is 6.92 Å². The number of carbonyl (C=O) groups is 2.